The molecule has 5 heteroatoms. The first-order valence-corrected chi connectivity index (χ1v) is 9.74. The summed E-state index contributed by atoms with van der Waals surface area (Å²) in [5.41, 5.74) is 4.82. The third-order valence-electron chi connectivity index (χ3n) is 5.63. The number of amides is 1. The molecule has 1 aromatic carbocycles. The Bertz CT molecular complexity index is 883. The van der Waals surface area contributed by atoms with Gasteiger partial charge in [0.25, 0.3) is 5.91 Å². The summed E-state index contributed by atoms with van der Waals surface area (Å²) in [6.07, 6.45) is 9.76. The molecule has 2 aromatic rings. The zero-order valence-corrected chi connectivity index (χ0v) is 16.1. The van der Waals surface area contributed by atoms with Gasteiger partial charge >= 0.3 is 0 Å². The Balaban J connectivity index is 1.75. The summed E-state index contributed by atoms with van der Waals surface area (Å²) in [7, 11) is 1.89. The van der Waals surface area contributed by atoms with Crippen LogP contribution in [0.4, 0.5) is 0 Å². The van der Waals surface area contributed by atoms with Crippen molar-refractivity contribution in [3.8, 4) is 11.3 Å². The number of fused-ring (bicyclic) bond motifs is 1. The molecule has 1 amide bonds. The summed E-state index contributed by atoms with van der Waals surface area (Å²) in [6.45, 7) is 2.82. The highest BCUT2D eigenvalue weighted by molar-refractivity contribution is 6.30. The summed E-state index contributed by atoms with van der Waals surface area (Å²) >= 11 is 6.11. The van der Waals surface area contributed by atoms with Crippen LogP contribution < -0.4 is 0 Å². The molecule has 1 atom stereocenters. The predicted molar refractivity (Wildman–Crippen MR) is 104 cm³/mol. The Morgan fingerprint density at radius 2 is 2.08 bits per heavy atom. The maximum atomic E-state index is 13.4. The number of halogens is 1. The van der Waals surface area contributed by atoms with Gasteiger partial charge in [-0.2, -0.15) is 5.10 Å². The predicted octanol–water partition coefficient (Wildman–Crippen LogP) is 4.97. The zero-order chi connectivity index (χ0) is 18.3. The van der Waals surface area contributed by atoms with Gasteiger partial charge in [0.1, 0.15) is 0 Å². The quantitative estimate of drug-likeness (QED) is 0.749. The zero-order valence-electron chi connectivity index (χ0n) is 15.3. The van der Waals surface area contributed by atoms with E-state index in [-0.39, 0.29) is 5.91 Å². The van der Waals surface area contributed by atoms with E-state index < -0.39 is 0 Å². The Labute approximate surface area is 159 Å². The molecular weight excluding hydrogens is 346 g/mol. The third-order valence-corrected chi connectivity index (χ3v) is 5.87. The van der Waals surface area contributed by atoms with Gasteiger partial charge in [-0.05, 0) is 62.6 Å². The number of nitrogens with zero attached hydrogens (tertiary/aromatic N) is 3. The van der Waals surface area contributed by atoms with Crippen LogP contribution in [0.2, 0.25) is 5.02 Å². The van der Waals surface area contributed by atoms with Gasteiger partial charge in [0.05, 0.1) is 17.5 Å². The highest BCUT2D eigenvalue weighted by Gasteiger charge is 2.32. The van der Waals surface area contributed by atoms with Crippen LogP contribution in [0.1, 0.15) is 48.0 Å². The van der Waals surface area contributed by atoms with Gasteiger partial charge in [0.15, 0.2) is 0 Å². The molecule has 2 heterocycles. The van der Waals surface area contributed by atoms with Crippen LogP contribution in [-0.4, -0.2) is 27.1 Å². The van der Waals surface area contributed by atoms with Crippen LogP contribution >= 0.6 is 11.6 Å². The summed E-state index contributed by atoms with van der Waals surface area (Å²) in [6, 6.07) is 5.77. The van der Waals surface area contributed by atoms with Crippen molar-refractivity contribution >= 4 is 17.5 Å². The van der Waals surface area contributed by atoms with E-state index in [1.54, 1.807) is 10.9 Å². The van der Waals surface area contributed by atoms with Gasteiger partial charge in [-0.15, -0.1) is 0 Å². The molecule has 1 saturated heterocycles. The van der Waals surface area contributed by atoms with Crippen LogP contribution in [0.15, 0.2) is 36.2 Å². The van der Waals surface area contributed by atoms with Crippen molar-refractivity contribution < 1.29 is 4.79 Å². The number of rotatable bonds is 2. The number of hydrogen-bond acceptors (Lipinski definition) is 2. The molecule has 1 aliphatic carbocycles. The van der Waals surface area contributed by atoms with Gasteiger partial charge < -0.3 is 4.90 Å². The van der Waals surface area contributed by atoms with Crippen LogP contribution in [0.25, 0.3) is 11.3 Å². The molecule has 0 radical (unpaired) electrons. The molecular formula is C21H24ClN3O. The van der Waals surface area contributed by atoms with E-state index in [0.29, 0.717) is 16.5 Å². The van der Waals surface area contributed by atoms with Crippen LogP contribution in [0.5, 0.6) is 0 Å². The molecule has 0 saturated carbocycles. The second-order valence-corrected chi connectivity index (χ2v) is 7.78. The van der Waals surface area contributed by atoms with E-state index in [9.17, 15) is 4.79 Å². The average Bonchev–Trinajstić information content (AvgIpc) is 3.02. The molecule has 26 heavy (non-hydrogen) atoms. The van der Waals surface area contributed by atoms with E-state index >= 15 is 0 Å². The van der Waals surface area contributed by atoms with E-state index in [0.717, 1.165) is 36.2 Å². The first-order chi connectivity index (χ1) is 12.6. The van der Waals surface area contributed by atoms with Crippen molar-refractivity contribution in [3.05, 3.63) is 52.3 Å². The van der Waals surface area contributed by atoms with Gasteiger partial charge in [0, 0.05) is 29.9 Å². The van der Waals surface area contributed by atoms with Crippen molar-refractivity contribution in [3.63, 3.8) is 0 Å². The first-order valence-electron chi connectivity index (χ1n) is 9.36. The number of piperidine rings is 1. The molecule has 1 aromatic heterocycles. The molecule has 0 spiro atoms. The third kappa shape index (κ3) is 2.96. The minimum atomic E-state index is 0.0697. The molecule has 4 nitrogen and oxygen atoms in total. The number of benzene rings is 1. The number of carbonyl (C=O) groups is 1. The number of likely N-dealkylation sites (tertiary alicyclic amines) is 1. The van der Waals surface area contributed by atoms with Crippen LogP contribution in [-0.2, 0) is 7.05 Å². The van der Waals surface area contributed by atoms with E-state index in [2.05, 4.69) is 11.2 Å². The Morgan fingerprint density at radius 1 is 1.27 bits per heavy atom. The maximum absolute atomic E-state index is 13.4. The molecule has 0 N–H and O–H groups in total. The minimum Gasteiger partial charge on any atom is -0.312 e. The summed E-state index contributed by atoms with van der Waals surface area (Å²) in [5, 5.41) is 5.09. The van der Waals surface area contributed by atoms with Gasteiger partial charge in [-0.3, -0.25) is 9.48 Å². The van der Waals surface area contributed by atoms with Crippen molar-refractivity contribution in [2.45, 2.75) is 39.0 Å². The lowest BCUT2D eigenvalue weighted by Crippen LogP contribution is -2.39. The maximum Gasteiger partial charge on any atom is 0.261 e. The molecule has 2 aliphatic rings. The molecule has 136 valence electrons. The number of hydrogen-bond donors (Lipinski definition) is 0. The lowest BCUT2D eigenvalue weighted by molar-refractivity contribution is 0.0749. The fourth-order valence-electron chi connectivity index (χ4n) is 4.35. The lowest BCUT2D eigenvalue weighted by atomic mass is 9.84. The molecule has 1 fully saturated rings. The van der Waals surface area contributed by atoms with Gasteiger partial charge in [-0.25, -0.2) is 0 Å². The van der Waals surface area contributed by atoms with Crippen LogP contribution in [0.3, 0.4) is 0 Å². The van der Waals surface area contributed by atoms with E-state index in [1.807, 2.05) is 37.1 Å². The topological polar surface area (TPSA) is 38.1 Å². The highest BCUT2D eigenvalue weighted by atomic mass is 35.5. The number of carbonyl (C=O) groups excluding carboxylic acids is 1. The Kier molecular flexibility index (Phi) is 4.62. The summed E-state index contributed by atoms with van der Waals surface area (Å²) in [5.74, 6) is 0.610. The monoisotopic (exact) mass is 369 g/mol. The van der Waals surface area contributed by atoms with Crippen molar-refractivity contribution in [1.29, 1.82) is 0 Å². The molecule has 4 rings (SSSR count). The highest BCUT2D eigenvalue weighted by Crippen LogP contribution is 2.37. The van der Waals surface area contributed by atoms with Gasteiger partial charge in [-0.1, -0.05) is 23.7 Å². The second-order valence-electron chi connectivity index (χ2n) is 7.35. The number of aryl methyl sites for hydroxylation is 2. The molecule has 1 aliphatic heterocycles. The van der Waals surface area contributed by atoms with Crippen molar-refractivity contribution in [2.75, 3.05) is 6.54 Å². The smallest absolute Gasteiger partial charge is 0.261 e. The molecule has 0 bridgehead atoms. The van der Waals surface area contributed by atoms with Gasteiger partial charge in [0.2, 0.25) is 0 Å². The standard InChI is InChI=1S/C21H24ClN3O/c1-14-12-16(22)9-10-17(14)20-18(13-23-24(20)2)21(26)25-11-5-7-15-6-3-4-8-19(15)25/h8-10,12-13,15H,3-7,11H2,1-2H3. The van der Waals surface area contributed by atoms with E-state index in [4.69, 9.17) is 11.6 Å². The summed E-state index contributed by atoms with van der Waals surface area (Å²) in [4.78, 5) is 15.4. The summed E-state index contributed by atoms with van der Waals surface area (Å²) < 4.78 is 1.79. The Hall–Kier alpha value is -2.07. The van der Waals surface area contributed by atoms with Crippen molar-refractivity contribution in [2.24, 2.45) is 13.0 Å². The molecule has 1 unspecified atom stereocenters. The normalized spacial score (nSPS) is 19.9. The lowest BCUT2D eigenvalue weighted by Gasteiger charge is -2.38. The van der Waals surface area contributed by atoms with E-state index in [1.165, 1.54) is 25.0 Å². The largest absolute Gasteiger partial charge is 0.312 e. The number of allylic oxidation sites excluding steroid dienone is 2. The SMILES string of the molecule is Cc1cc(Cl)ccc1-c1c(C(=O)N2CCCC3CCCC=C32)cnn1C. The first kappa shape index (κ1) is 17.3. The fourth-order valence-corrected chi connectivity index (χ4v) is 4.57. The van der Waals surface area contributed by atoms with Crippen molar-refractivity contribution in [1.82, 2.24) is 14.7 Å². The fraction of sp³-hybridized carbons (Fsp3) is 0.429. The second kappa shape index (κ2) is 6.92. The Morgan fingerprint density at radius 3 is 2.88 bits per heavy atom. The average molecular weight is 370 g/mol. The van der Waals surface area contributed by atoms with Crippen LogP contribution in [0, 0.1) is 12.8 Å². The minimum absolute atomic E-state index is 0.0697. The number of aromatic nitrogens is 2.